The normalized spacial score (nSPS) is 9.05. The minimum atomic E-state index is 0.250. The number of aromatic nitrogens is 3. The molecule has 0 spiro atoms. The fourth-order valence-electron chi connectivity index (χ4n) is 1.69. The number of methoxy groups -OCH3 is 1. The van der Waals surface area contributed by atoms with Crippen LogP contribution in [0.2, 0.25) is 0 Å². The van der Waals surface area contributed by atoms with Gasteiger partial charge in [0, 0.05) is 17.1 Å². The molecule has 0 unspecified atom stereocenters. The Balaban J connectivity index is 0.000000677. The lowest BCUT2D eigenvalue weighted by molar-refractivity contribution is -0.191. The highest BCUT2D eigenvalue weighted by molar-refractivity contribution is 9.10. The molecule has 0 aromatic carbocycles. The number of imidazole rings is 1. The van der Waals surface area contributed by atoms with Crippen LogP contribution in [0.1, 0.15) is 18.4 Å². The first-order chi connectivity index (χ1) is 10.1. The third kappa shape index (κ3) is 3.75. The summed E-state index contributed by atoms with van der Waals surface area (Å²) in [5, 5.41) is 9.12. The van der Waals surface area contributed by atoms with Crippen molar-refractivity contribution in [2.24, 2.45) is 0 Å². The number of carbonyl (C=O) groups excluding carboxylic acids is 2. The Kier molecular flexibility index (Phi) is 6.27. The smallest absolute Gasteiger partial charge is 0.373 e. The molecule has 2 heterocycles. The number of nitrogens with zero attached hydrogens (tertiary/aromatic N) is 4. The summed E-state index contributed by atoms with van der Waals surface area (Å²) >= 11 is 3.34. The van der Waals surface area contributed by atoms with E-state index in [4.69, 9.17) is 19.6 Å². The molecule has 0 aliphatic heterocycles. The molecule has 0 radical (unpaired) electrons. The number of nitriles is 1. The predicted molar refractivity (Wildman–Crippen MR) is 74.7 cm³/mol. The van der Waals surface area contributed by atoms with Crippen LogP contribution in [-0.2, 0) is 16.0 Å². The molecule has 0 saturated carbocycles. The molecular weight excluding hydrogens is 340 g/mol. The number of halogens is 1. The van der Waals surface area contributed by atoms with E-state index in [0.717, 1.165) is 10.3 Å². The van der Waals surface area contributed by atoms with Gasteiger partial charge in [-0.1, -0.05) is 6.92 Å². The topological polar surface area (TPSA) is 97.9 Å². The van der Waals surface area contributed by atoms with Crippen LogP contribution in [0.5, 0.6) is 5.75 Å². The molecule has 8 heteroatoms. The molecule has 0 aliphatic rings. The highest BCUT2D eigenvalue weighted by atomic mass is 79.9. The third-order valence-electron chi connectivity index (χ3n) is 2.50. The van der Waals surface area contributed by atoms with Crippen LogP contribution >= 0.6 is 15.9 Å². The quantitative estimate of drug-likeness (QED) is 0.838. The van der Waals surface area contributed by atoms with Crippen LogP contribution in [0.4, 0.5) is 0 Å². The molecule has 0 bridgehead atoms. The molecule has 21 heavy (non-hydrogen) atoms. The van der Waals surface area contributed by atoms with Crippen molar-refractivity contribution in [2.75, 3.05) is 7.11 Å². The van der Waals surface area contributed by atoms with Gasteiger partial charge in [0.2, 0.25) is 0 Å². The zero-order chi connectivity index (χ0) is 15.8. The van der Waals surface area contributed by atoms with Crippen molar-refractivity contribution in [1.82, 2.24) is 14.5 Å². The maximum atomic E-state index is 9.12. The summed E-state index contributed by atoms with van der Waals surface area (Å²) in [7, 11) is 1.57. The van der Waals surface area contributed by atoms with E-state index in [1.54, 1.807) is 24.1 Å². The van der Waals surface area contributed by atoms with E-state index >= 15 is 0 Å². The summed E-state index contributed by atoms with van der Waals surface area (Å²) in [5.74, 6) is 1.94. The molecule has 2 aromatic rings. The average Bonchev–Trinajstić information content (AvgIpc) is 2.90. The fourth-order valence-corrected chi connectivity index (χ4v) is 2.00. The standard InChI is InChI=1S/C12H11BrN4O.CO2/c1-3-11-15-7-9(5-14)17(11)12-10(18-2)4-8(13)6-16-12;2-1-3/h4,6-7H,3H2,1-2H3;. The lowest BCUT2D eigenvalue weighted by atomic mass is 10.3. The summed E-state index contributed by atoms with van der Waals surface area (Å²) in [5.41, 5.74) is 0.444. The number of aryl methyl sites for hydroxylation is 1. The lowest BCUT2D eigenvalue weighted by Crippen LogP contribution is -2.07. The monoisotopic (exact) mass is 350 g/mol. The van der Waals surface area contributed by atoms with Gasteiger partial charge in [-0.2, -0.15) is 14.9 Å². The number of hydrogen-bond donors (Lipinski definition) is 0. The van der Waals surface area contributed by atoms with E-state index in [9.17, 15) is 0 Å². The van der Waals surface area contributed by atoms with E-state index in [1.165, 1.54) is 0 Å². The first-order valence-electron chi connectivity index (χ1n) is 5.78. The summed E-state index contributed by atoms with van der Waals surface area (Å²) in [6.07, 6.45) is 4.17. The van der Waals surface area contributed by atoms with Gasteiger partial charge in [0.05, 0.1) is 13.3 Å². The Morgan fingerprint density at radius 3 is 2.57 bits per heavy atom. The number of rotatable bonds is 3. The van der Waals surface area contributed by atoms with Gasteiger partial charge < -0.3 is 4.74 Å². The molecule has 7 nitrogen and oxygen atoms in total. The zero-order valence-corrected chi connectivity index (χ0v) is 12.9. The molecule has 108 valence electrons. The van der Waals surface area contributed by atoms with Gasteiger partial charge in [0.25, 0.3) is 0 Å². The summed E-state index contributed by atoms with van der Waals surface area (Å²) in [4.78, 5) is 24.8. The van der Waals surface area contributed by atoms with Crippen molar-refractivity contribution in [2.45, 2.75) is 13.3 Å². The van der Waals surface area contributed by atoms with Crippen molar-refractivity contribution in [3.8, 4) is 17.6 Å². The molecular formula is C13H11BrN4O3. The second-order valence-electron chi connectivity index (χ2n) is 3.62. The van der Waals surface area contributed by atoms with Crippen LogP contribution in [0.15, 0.2) is 22.9 Å². The minimum Gasteiger partial charge on any atom is -0.493 e. The zero-order valence-electron chi connectivity index (χ0n) is 11.3. The van der Waals surface area contributed by atoms with Gasteiger partial charge in [-0.05, 0) is 22.0 Å². The predicted octanol–water partition coefficient (Wildman–Crippen LogP) is 1.89. The average molecular weight is 351 g/mol. The Bertz CT molecular complexity index is 700. The Morgan fingerprint density at radius 1 is 1.38 bits per heavy atom. The molecule has 2 rings (SSSR count). The van der Waals surface area contributed by atoms with E-state index in [0.29, 0.717) is 23.7 Å². The number of pyridine rings is 1. The van der Waals surface area contributed by atoms with E-state index in [1.807, 2.05) is 13.0 Å². The third-order valence-corrected chi connectivity index (χ3v) is 2.93. The molecule has 2 aromatic heterocycles. The summed E-state index contributed by atoms with van der Waals surface area (Å²) < 4.78 is 7.83. The van der Waals surface area contributed by atoms with Gasteiger partial charge in [-0.25, -0.2) is 9.97 Å². The molecule has 0 atom stereocenters. The molecule has 0 aliphatic carbocycles. The van der Waals surface area contributed by atoms with Crippen LogP contribution in [0.25, 0.3) is 5.82 Å². The summed E-state index contributed by atoms with van der Waals surface area (Å²) in [6.45, 7) is 1.98. The number of hydrogen-bond acceptors (Lipinski definition) is 6. The first-order valence-corrected chi connectivity index (χ1v) is 6.58. The lowest BCUT2D eigenvalue weighted by Gasteiger charge is -2.11. The van der Waals surface area contributed by atoms with Crippen LogP contribution in [0, 0.1) is 11.3 Å². The minimum absolute atomic E-state index is 0.250. The van der Waals surface area contributed by atoms with Crippen LogP contribution in [-0.4, -0.2) is 27.8 Å². The fraction of sp³-hybridized carbons (Fsp3) is 0.231. The van der Waals surface area contributed by atoms with Gasteiger partial charge in [-0.15, -0.1) is 0 Å². The van der Waals surface area contributed by atoms with Crippen molar-refractivity contribution in [3.63, 3.8) is 0 Å². The van der Waals surface area contributed by atoms with Crippen molar-refractivity contribution < 1.29 is 14.3 Å². The van der Waals surface area contributed by atoms with Crippen molar-refractivity contribution in [3.05, 3.63) is 34.5 Å². The Morgan fingerprint density at radius 2 is 2.05 bits per heavy atom. The second kappa shape index (κ2) is 7.94. The maximum absolute atomic E-state index is 9.12. The molecule has 0 fully saturated rings. The Hall–Kier alpha value is -2.49. The largest absolute Gasteiger partial charge is 0.493 e. The Labute approximate surface area is 129 Å². The molecule has 0 saturated heterocycles. The van der Waals surface area contributed by atoms with Gasteiger partial charge in [0.15, 0.2) is 11.6 Å². The van der Waals surface area contributed by atoms with E-state index in [-0.39, 0.29) is 6.15 Å². The molecule has 0 N–H and O–H groups in total. The second-order valence-corrected chi connectivity index (χ2v) is 4.54. The summed E-state index contributed by atoms with van der Waals surface area (Å²) in [6, 6.07) is 3.92. The first kappa shape index (κ1) is 16.6. The van der Waals surface area contributed by atoms with E-state index in [2.05, 4.69) is 32.0 Å². The van der Waals surface area contributed by atoms with Gasteiger partial charge in [0.1, 0.15) is 17.6 Å². The van der Waals surface area contributed by atoms with Crippen molar-refractivity contribution in [1.29, 1.82) is 5.26 Å². The number of ether oxygens (including phenoxy) is 1. The SMILES string of the molecule is CCc1ncc(C#N)n1-c1ncc(Br)cc1OC.O=C=O. The van der Waals surface area contributed by atoms with Crippen molar-refractivity contribution >= 4 is 22.1 Å². The van der Waals surface area contributed by atoms with Crippen LogP contribution in [0.3, 0.4) is 0 Å². The van der Waals surface area contributed by atoms with Gasteiger partial charge >= 0.3 is 6.15 Å². The van der Waals surface area contributed by atoms with Crippen LogP contribution < -0.4 is 4.74 Å². The highest BCUT2D eigenvalue weighted by Crippen LogP contribution is 2.26. The molecule has 0 amide bonds. The highest BCUT2D eigenvalue weighted by Gasteiger charge is 2.15. The van der Waals surface area contributed by atoms with Gasteiger partial charge in [-0.3, -0.25) is 4.57 Å². The maximum Gasteiger partial charge on any atom is 0.373 e. The van der Waals surface area contributed by atoms with E-state index < -0.39 is 0 Å².